The van der Waals surface area contributed by atoms with Gasteiger partial charge in [0.05, 0.1) is 16.9 Å². The lowest BCUT2D eigenvalue weighted by atomic mass is 9.95. The molecule has 0 fully saturated rings. The number of nitrogens with one attached hydrogen (secondary N) is 1. The molecule has 0 heterocycles. The molecule has 0 spiro atoms. The number of amides is 1. The summed E-state index contributed by atoms with van der Waals surface area (Å²) < 4.78 is 26.6. The summed E-state index contributed by atoms with van der Waals surface area (Å²) in [4.78, 5) is 21.7. The minimum atomic E-state index is -1.20. The second-order valence-electron chi connectivity index (χ2n) is 4.61. The van der Waals surface area contributed by atoms with Crippen LogP contribution in [-0.4, -0.2) is 17.4 Å². The number of hydrogen-bond donors (Lipinski definition) is 2. The van der Waals surface area contributed by atoms with Crippen molar-refractivity contribution in [2.45, 2.75) is 13.8 Å². The van der Waals surface area contributed by atoms with E-state index in [1.807, 2.05) is 0 Å². The monoisotopic (exact) mass is 287 g/mol. The average molecular weight is 287 g/mol. The molecule has 1 unspecified atom stereocenters. The van der Waals surface area contributed by atoms with E-state index in [2.05, 4.69) is 5.32 Å². The molecule has 20 heavy (non-hydrogen) atoms. The highest BCUT2D eigenvalue weighted by Crippen LogP contribution is 2.29. The molecule has 0 aromatic heterocycles. The van der Waals surface area contributed by atoms with Gasteiger partial charge >= 0.3 is 0 Å². The van der Waals surface area contributed by atoms with Gasteiger partial charge in [0, 0.05) is 12.6 Å². The highest BCUT2D eigenvalue weighted by atomic mass is 19.1. The van der Waals surface area contributed by atoms with Gasteiger partial charge in [-0.25, -0.2) is 8.78 Å². The number of hydrogen-bond acceptors (Lipinski definition) is 4. The molecule has 110 valence electrons. The van der Waals surface area contributed by atoms with Crippen LogP contribution in [0, 0.1) is 33.6 Å². The predicted octanol–water partition coefficient (Wildman–Crippen LogP) is 2.04. The lowest BCUT2D eigenvalue weighted by Gasteiger charge is -2.18. The minimum Gasteiger partial charge on any atom is -0.330 e. The van der Waals surface area contributed by atoms with E-state index in [1.165, 1.54) is 0 Å². The summed E-state index contributed by atoms with van der Waals surface area (Å²) in [5, 5.41) is 12.9. The number of anilines is 1. The van der Waals surface area contributed by atoms with Gasteiger partial charge in [0.2, 0.25) is 5.91 Å². The number of halogens is 2. The fourth-order valence-electron chi connectivity index (χ4n) is 1.73. The quantitative estimate of drug-likeness (QED) is 0.639. The van der Waals surface area contributed by atoms with Crippen LogP contribution in [0.15, 0.2) is 12.1 Å². The number of carbonyl (C=O) groups excluding carboxylic acids is 1. The van der Waals surface area contributed by atoms with Gasteiger partial charge in [-0.3, -0.25) is 14.9 Å². The number of nitro groups is 1. The summed E-state index contributed by atoms with van der Waals surface area (Å²) in [7, 11) is 0. The van der Waals surface area contributed by atoms with E-state index in [4.69, 9.17) is 5.73 Å². The third kappa shape index (κ3) is 3.47. The van der Waals surface area contributed by atoms with Crippen LogP contribution < -0.4 is 11.1 Å². The van der Waals surface area contributed by atoms with Crippen molar-refractivity contribution in [1.82, 2.24) is 0 Å². The second-order valence-corrected chi connectivity index (χ2v) is 4.61. The third-order valence-corrected chi connectivity index (χ3v) is 2.87. The molecule has 0 radical (unpaired) electrons. The Morgan fingerprint density at radius 2 is 2.05 bits per heavy atom. The van der Waals surface area contributed by atoms with Gasteiger partial charge in [-0.2, -0.15) is 0 Å². The molecule has 6 nitrogen and oxygen atoms in total. The lowest BCUT2D eigenvalue weighted by Crippen LogP contribution is -2.33. The first-order valence-corrected chi connectivity index (χ1v) is 5.92. The number of nitro benzene ring substituents is 1. The van der Waals surface area contributed by atoms with Crippen molar-refractivity contribution in [2.24, 2.45) is 17.6 Å². The first-order valence-electron chi connectivity index (χ1n) is 5.92. The average Bonchev–Trinajstić information content (AvgIpc) is 2.32. The topological polar surface area (TPSA) is 98.3 Å². The van der Waals surface area contributed by atoms with E-state index in [0.29, 0.717) is 12.1 Å². The smallest absolute Gasteiger partial charge is 0.298 e. The van der Waals surface area contributed by atoms with E-state index in [1.54, 1.807) is 13.8 Å². The maximum Gasteiger partial charge on any atom is 0.298 e. The summed E-state index contributed by atoms with van der Waals surface area (Å²) in [6, 6.07) is 1.01. The zero-order chi connectivity index (χ0) is 15.4. The molecular weight excluding hydrogens is 272 g/mol. The van der Waals surface area contributed by atoms with E-state index in [9.17, 15) is 23.7 Å². The van der Waals surface area contributed by atoms with Crippen LogP contribution >= 0.6 is 0 Å². The van der Waals surface area contributed by atoms with E-state index < -0.39 is 39.8 Å². The Morgan fingerprint density at radius 1 is 1.45 bits per heavy atom. The molecule has 0 aliphatic carbocycles. The van der Waals surface area contributed by atoms with Crippen LogP contribution in [0.4, 0.5) is 20.2 Å². The van der Waals surface area contributed by atoms with Gasteiger partial charge in [0.15, 0.2) is 11.5 Å². The highest BCUT2D eigenvalue weighted by Gasteiger charge is 2.26. The van der Waals surface area contributed by atoms with Crippen molar-refractivity contribution in [1.29, 1.82) is 0 Å². The summed E-state index contributed by atoms with van der Waals surface area (Å²) in [5.74, 6) is -3.69. The standard InChI is InChI=1S/C12H15F2N3O3/c1-6(2)8(5-15)12(18)16-11-9(14)3-7(13)4-10(11)17(19)20/h3-4,6,8H,5,15H2,1-2H3,(H,16,18). The molecule has 1 aromatic rings. The van der Waals surface area contributed by atoms with Gasteiger partial charge in [-0.15, -0.1) is 0 Å². The van der Waals surface area contributed by atoms with E-state index >= 15 is 0 Å². The molecule has 1 rings (SSSR count). The maximum atomic E-state index is 13.6. The maximum absolute atomic E-state index is 13.6. The molecular formula is C12H15F2N3O3. The zero-order valence-corrected chi connectivity index (χ0v) is 11.0. The minimum absolute atomic E-state index is 0.0140. The van der Waals surface area contributed by atoms with Crippen LogP contribution in [0.2, 0.25) is 0 Å². The Morgan fingerprint density at radius 3 is 2.50 bits per heavy atom. The van der Waals surface area contributed by atoms with Crippen LogP contribution in [0.3, 0.4) is 0 Å². The highest BCUT2D eigenvalue weighted by molar-refractivity contribution is 5.95. The molecule has 0 aliphatic rings. The van der Waals surface area contributed by atoms with Crippen molar-refractivity contribution in [3.8, 4) is 0 Å². The van der Waals surface area contributed by atoms with Crippen molar-refractivity contribution in [3.63, 3.8) is 0 Å². The van der Waals surface area contributed by atoms with Crippen molar-refractivity contribution in [2.75, 3.05) is 11.9 Å². The fourth-order valence-corrected chi connectivity index (χ4v) is 1.73. The largest absolute Gasteiger partial charge is 0.330 e. The van der Waals surface area contributed by atoms with Gasteiger partial charge in [0.1, 0.15) is 5.82 Å². The molecule has 8 heteroatoms. The second kappa shape index (κ2) is 6.38. The van der Waals surface area contributed by atoms with Crippen LogP contribution in [0.5, 0.6) is 0 Å². The SMILES string of the molecule is CC(C)C(CN)C(=O)Nc1c(F)cc(F)cc1[N+](=O)[O-]. The molecule has 1 aromatic carbocycles. The number of rotatable bonds is 5. The summed E-state index contributed by atoms with van der Waals surface area (Å²) in [5.41, 5.74) is 3.95. The van der Waals surface area contributed by atoms with E-state index in [-0.39, 0.29) is 12.5 Å². The zero-order valence-electron chi connectivity index (χ0n) is 11.0. The fraction of sp³-hybridized carbons (Fsp3) is 0.417. The number of nitrogens with two attached hydrogens (primary N) is 1. The lowest BCUT2D eigenvalue weighted by molar-refractivity contribution is -0.384. The number of carbonyl (C=O) groups is 1. The molecule has 0 saturated carbocycles. The Labute approximate surface area is 114 Å². The predicted molar refractivity (Wildman–Crippen MR) is 69.0 cm³/mol. The van der Waals surface area contributed by atoms with Gasteiger partial charge < -0.3 is 11.1 Å². The number of benzene rings is 1. The number of nitrogens with zero attached hydrogens (tertiary/aromatic N) is 1. The van der Waals surface area contributed by atoms with Crippen LogP contribution in [0.1, 0.15) is 13.8 Å². The third-order valence-electron chi connectivity index (χ3n) is 2.87. The molecule has 1 amide bonds. The van der Waals surface area contributed by atoms with Gasteiger partial charge in [-0.05, 0) is 5.92 Å². The first-order chi connectivity index (χ1) is 9.27. The normalized spacial score (nSPS) is 12.3. The Hall–Kier alpha value is -2.09. The molecule has 0 saturated heterocycles. The van der Waals surface area contributed by atoms with E-state index in [0.717, 1.165) is 0 Å². The first kappa shape index (κ1) is 16.0. The summed E-state index contributed by atoms with van der Waals surface area (Å²) in [6.07, 6.45) is 0. The Balaban J connectivity index is 3.15. The molecule has 3 N–H and O–H groups in total. The summed E-state index contributed by atoms with van der Waals surface area (Å²) >= 11 is 0. The molecule has 1 atom stereocenters. The Kier molecular flexibility index (Phi) is 5.09. The van der Waals surface area contributed by atoms with Crippen LogP contribution in [-0.2, 0) is 4.79 Å². The Bertz CT molecular complexity index is 535. The van der Waals surface area contributed by atoms with Crippen molar-refractivity contribution in [3.05, 3.63) is 33.9 Å². The summed E-state index contributed by atoms with van der Waals surface area (Å²) in [6.45, 7) is 3.50. The molecule has 0 aliphatic heterocycles. The van der Waals surface area contributed by atoms with Crippen LogP contribution in [0.25, 0.3) is 0 Å². The van der Waals surface area contributed by atoms with Gasteiger partial charge in [-0.1, -0.05) is 13.8 Å². The van der Waals surface area contributed by atoms with Crippen molar-refractivity contribution < 1.29 is 18.5 Å². The molecule has 0 bridgehead atoms. The van der Waals surface area contributed by atoms with Crippen molar-refractivity contribution >= 4 is 17.3 Å². The van der Waals surface area contributed by atoms with Gasteiger partial charge in [0.25, 0.3) is 5.69 Å².